The van der Waals surface area contributed by atoms with Crippen molar-refractivity contribution < 1.29 is 4.79 Å². The predicted molar refractivity (Wildman–Crippen MR) is 56.3 cm³/mol. The van der Waals surface area contributed by atoms with E-state index in [9.17, 15) is 4.79 Å². The van der Waals surface area contributed by atoms with E-state index in [1.807, 2.05) is 13.8 Å². The zero-order chi connectivity index (χ0) is 10.0. The molecule has 0 aromatic rings. The standard InChI is InChI=1S/C9H16N2OS/c1-5(2)9(12)11-7(8(10)13)6-3-4-6/h5-7H,3-4H2,1-2H3,(H2,10,13)(H,11,12). The van der Waals surface area contributed by atoms with Gasteiger partial charge in [0.05, 0.1) is 11.0 Å². The van der Waals surface area contributed by atoms with Crippen molar-refractivity contribution in [2.45, 2.75) is 32.7 Å². The van der Waals surface area contributed by atoms with Gasteiger partial charge in [0.2, 0.25) is 5.91 Å². The smallest absolute Gasteiger partial charge is 0.223 e. The summed E-state index contributed by atoms with van der Waals surface area (Å²) in [4.78, 5) is 11.8. The lowest BCUT2D eigenvalue weighted by atomic mass is 10.1. The Hall–Kier alpha value is -0.640. The topological polar surface area (TPSA) is 55.1 Å². The number of carbonyl (C=O) groups is 1. The number of thiocarbonyl (C=S) groups is 1. The highest BCUT2D eigenvalue weighted by molar-refractivity contribution is 7.80. The fourth-order valence-corrected chi connectivity index (χ4v) is 1.42. The minimum Gasteiger partial charge on any atom is -0.392 e. The van der Waals surface area contributed by atoms with Gasteiger partial charge in [0, 0.05) is 5.92 Å². The maximum atomic E-state index is 11.4. The molecule has 1 rings (SSSR count). The summed E-state index contributed by atoms with van der Waals surface area (Å²) in [6, 6.07) is -0.0788. The molecule has 74 valence electrons. The second kappa shape index (κ2) is 4.05. The van der Waals surface area contributed by atoms with Gasteiger partial charge in [-0.15, -0.1) is 0 Å². The Labute approximate surface area is 84.1 Å². The number of amides is 1. The van der Waals surface area contributed by atoms with Crippen LogP contribution in [0.15, 0.2) is 0 Å². The van der Waals surface area contributed by atoms with Crippen LogP contribution in [0.3, 0.4) is 0 Å². The lowest BCUT2D eigenvalue weighted by Gasteiger charge is -2.17. The molecule has 0 radical (unpaired) electrons. The summed E-state index contributed by atoms with van der Waals surface area (Å²) in [5, 5.41) is 2.87. The summed E-state index contributed by atoms with van der Waals surface area (Å²) in [5.74, 6) is 0.514. The highest BCUT2D eigenvalue weighted by atomic mass is 32.1. The van der Waals surface area contributed by atoms with Crippen LogP contribution in [-0.2, 0) is 4.79 Å². The van der Waals surface area contributed by atoms with E-state index in [0.29, 0.717) is 10.9 Å². The minimum absolute atomic E-state index is 0.00407. The van der Waals surface area contributed by atoms with Gasteiger partial charge in [0.25, 0.3) is 0 Å². The van der Waals surface area contributed by atoms with Crippen LogP contribution in [-0.4, -0.2) is 16.9 Å². The molecule has 0 saturated heterocycles. The molecule has 1 unspecified atom stereocenters. The molecule has 0 aromatic carbocycles. The van der Waals surface area contributed by atoms with Crippen LogP contribution in [0.2, 0.25) is 0 Å². The second-order valence-electron chi connectivity index (χ2n) is 3.88. The molecule has 0 heterocycles. The van der Waals surface area contributed by atoms with Gasteiger partial charge >= 0.3 is 0 Å². The summed E-state index contributed by atoms with van der Waals surface area (Å²) in [6.45, 7) is 3.72. The van der Waals surface area contributed by atoms with Gasteiger partial charge in [0.1, 0.15) is 0 Å². The molecule has 4 heteroatoms. The van der Waals surface area contributed by atoms with Crippen LogP contribution in [0.1, 0.15) is 26.7 Å². The van der Waals surface area contributed by atoms with Crippen molar-refractivity contribution in [3.63, 3.8) is 0 Å². The Kier molecular flexibility index (Phi) is 3.25. The number of rotatable bonds is 4. The van der Waals surface area contributed by atoms with E-state index >= 15 is 0 Å². The molecule has 1 fully saturated rings. The third-order valence-corrected chi connectivity index (χ3v) is 2.48. The number of hydrogen-bond acceptors (Lipinski definition) is 2. The molecule has 1 amide bonds. The average molecular weight is 200 g/mol. The monoisotopic (exact) mass is 200 g/mol. The van der Waals surface area contributed by atoms with E-state index < -0.39 is 0 Å². The van der Waals surface area contributed by atoms with Crippen LogP contribution in [0.4, 0.5) is 0 Å². The van der Waals surface area contributed by atoms with E-state index in [1.165, 1.54) is 0 Å². The zero-order valence-electron chi connectivity index (χ0n) is 8.04. The molecule has 0 aliphatic heterocycles. The zero-order valence-corrected chi connectivity index (χ0v) is 8.86. The van der Waals surface area contributed by atoms with E-state index in [4.69, 9.17) is 18.0 Å². The quantitative estimate of drug-likeness (QED) is 0.661. The molecular formula is C9H16N2OS. The van der Waals surface area contributed by atoms with Gasteiger partial charge in [0.15, 0.2) is 0 Å². The number of hydrogen-bond donors (Lipinski definition) is 2. The van der Waals surface area contributed by atoms with Crippen LogP contribution < -0.4 is 11.1 Å². The Bertz CT molecular complexity index is 224. The molecule has 1 aliphatic carbocycles. The third-order valence-electron chi connectivity index (χ3n) is 2.22. The van der Waals surface area contributed by atoms with E-state index in [1.54, 1.807) is 0 Å². The summed E-state index contributed by atoms with van der Waals surface area (Å²) in [6.07, 6.45) is 2.25. The van der Waals surface area contributed by atoms with Gasteiger partial charge in [-0.3, -0.25) is 4.79 Å². The normalized spacial score (nSPS) is 18.4. The molecule has 13 heavy (non-hydrogen) atoms. The Morgan fingerprint density at radius 1 is 1.54 bits per heavy atom. The summed E-state index contributed by atoms with van der Waals surface area (Å²) in [5.41, 5.74) is 5.54. The van der Waals surface area contributed by atoms with Gasteiger partial charge in [-0.2, -0.15) is 0 Å². The highest BCUT2D eigenvalue weighted by Gasteiger charge is 2.34. The summed E-state index contributed by atoms with van der Waals surface area (Å²) < 4.78 is 0. The van der Waals surface area contributed by atoms with Crippen LogP contribution >= 0.6 is 12.2 Å². The minimum atomic E-state index is -0.0788. The number of nitrogens with two attached hydrogens (primary N) is 1. The van der Waals surface area contributed by atoms with Crippen molar-refractivity contribution >= 4 is 23.1 Å². The van der Waals surface area contributed by atoms with Gasteiger partial charge < -0.3 is 11.1 Å². The maximum Gasteiger partial charge on any atom is 0.223 e. The van der Waals surface area contributed by atoms with E-state index in [-0.39, 0.29) is 17.9 Å². The van der Waals surface area contributed by atoms with Crippen LogP contribution in [0.25, 0.3) is 0 Å². The van der Waals surface area contributed by atoms with Gasteiger partial charge in [-0.25, -0.2) is 0 Å². The molecule has 1 atom stereocenters. The fraction of sp³-hybridized carbons (Fsp3) is 0.778. The van der Waals surface area contributed by atoms with Crippen molar-refractivity contribution in [3.8, 4) is 0 Å². The lowest BCUT2D eigenvalue weighted by molar-refractivity contribution is -0.124. The first-order chi connectivity index (χ1) is 6.02. The van der Waals surface area contributed by atoms with Crippen molar-refractivity contribution in [1.82, 2.24) is 5.32 Å². The molecule has 0 bridgehead atoms. The third kappa shape index (κ3) is 2.95. The molecule has 0 aromatic heterocycles. The lowest BCUT2D eigenvalue weighted by Crippen LogP contribution is -2.46. The van der Waals surface area contributed by atoms with E-state index in [0.717, 1.165) is 12.8 Å². The van der Waals surface area contributed by atoms with Crippen molar-refractivity contribution in [2.24, 2.45) is 17.6 Å². The average Bonchev–Trinajstić information content (AvgIpc) is 2.81. The largest absolute Gasteiger partial charge is 0.392 e. The molecular weight excluding hydrogens is 184 g/mol. The predicted octanol–water partition coefficient (Wildman–Crippen LogP) is 0.823. The first-order valence-electron chi connectivity index (χ1n) is 4.62. The first kappa shape index (κ1) is 10.4. The van der Waals surface area contributed by atoms with Gasteiger partial charge in [-0.1, -0.05) is 26.1 Å². The van der Waals surface area contributed by atoms with Gasteiger partial charge in [-0.05, 0) is 18.8 Å². The van der Waals surface area contributed by atoms with Crippen molar-refractivity contribution in [1.29, 1.82) is 0 Å². The summed E-state index contributed by atoms with van der Waals surface area (Å²) >= 11 is 4.90. The van der Waals surface area contributed by atoms with Crippen LogP contribution in [0.5, 0.6) is 0 Å². The second-order valence-corrected chi connectivity index (χ2v) is 4.35. The molecule has 3 nitrogen and oxygen atoms in total. The van der Waals surface area contributed by atoms with Crippen molar-refractivity contribution in [3.05, 3.63) is 0 Å². The van der Waals surface area contributed by atoms with Crippen molar-refractivity contribution in [2.75, 3.05) is 0 Å². The summed E-state index contributed by atoms with van der Waals surface area (Å²) in [7, 11) is 0. The van der Waals surface area contributed by atoms with E-state index in [2.05, 4.69) is 5.32 Å². The highest BCUT2D eigenvalue weighted by Crippen LogP contribution is 2.32. The Balaban J connectivity index is 2.47. The Morgan fingerprint density at radius 2 is 2.08 bits per heavy atom. The fourth-order valence-electron chi connectivity index (χ4n) is 1.17. The van der Waals surface area contributed by atoms with Crippen LogP contribution in [0, 0.1) is 11.8 Å². The SMILES string of the molecule is CC(C)C(=O)NC(C(N)=S)C1CC1. The first-order valence-corrected chi connectivity index (χ1v) is 5.03. The molecule has 0 spiro atoms. The number of nitrogens with one attached hydrogen (secondary N) is 1. The number of carbonyl (C=O) groups excluding carboxylic acids is 1. The molecule has 1 aliphatic rings. The Morgan fingerprint density at radius 3 is 2.38 bits per heavy atom. The molecule has 3 N–H and O–H groups in total. The maximum absolute atomic E-state index is 11.4. The molecule has 1 saturated carbocycles.